The number of esters is 1. The molecule has 3 aromatic rings. The van der Waals surface area contributed by atoms with E-state index in [1.165, 1.54) is 0 Å². The average Bonchev–Trinajstić information content (AvgIpc) is 2.95. The molecule has 1 N–H and O–H groups in total. The Morgan fingerprint density at radius 1 is 1.17 bits per heavy atom. The second kappa shape index (κ2) is 10.1. The predicted molar refractivity (Wildman–Crippen MR) is 121 cm³/mol. The van der Waals surface area contributed by atoms with Gasteiger partial charge >= 0.3 is 5.97 Å². The van der Waals surface area contributed by atoms with Gasteiger partial charge in [0.25, 0.3) is 0 Å². The van der Waals surface area contributed by atoms with Crippen molar-refractivity contribution >= 4 is 41.0 Å². The summed E-state index contributed by atoms with van der Waals surface area (Å²) in [6, 6.07) is 13.7. The van der Waals surface area contributed by atoms with Gasteiger partial charge in [-0.3, -0.25) is 0 Å². The van der Waals surface area contributed by atoms with Crippen molar-refractivity contribution in [2.45, 2.75) is 24.1 Å². The first-order valence-electron chi connectivity index (χ1n) is 9.25. The van der Waals surface area contributed by atoms with E-state index >= 15 is 0 Å². The summed E-state index contributed by atoms with van der Waals surface area (Å²) in [5.41, 5.74) is 3.11. The van der Waals surface area contributed by atoms with Crippen LogP contribution in [0.3, 0.4) is 0 Å². The van der Waals surface area contributed by atoms with Gasteiger partial charge in [0.15, 0.2) is 0 Å². The summed E-state index contributed by atoms with van der Waals surface area (Å²) in [5.74, 6) is 0.480. The maximum Gasteiger partial charge on any atom is 0.340 e. The zero-order chi connectivity index (χ0) is 20.3. The van der Waals surface area contributed by atoms with E-state index in [4.69, 9.17) is 4.74 Å². The Morgan fingerprint density at radius 2 is 1.86 bits per heavy atom. The average molecular weight is 435 g/mol. The highest BCUT2D eigenvalue weighted by Crippen LogP contribution is 2.37. The SMILES string of the molecule is CCOC(=O)c1c(CSc2ccccc2)n(C)c2ccc(O)c(CN(C)C)c12.Cl. The fourth-order valence-corrected chi connectivity index (χ4v) is 4.37. The Kier molecular flexibility index (Phi) is 8.02. The standard InChI is InChI=1S/C22H26N2O3S.ClH/c1-5-27-22(26)21-18(14-28-15-9-7-6-8-10-15)24(4)17-11-12-19(25)16(20(17)21)13-23(2)3;/h6-12,25H,5,13-14H2,1-4H3;1H. The molecule has 7 heteroatoms. The molecule has 3 rings (SSSR count). The van der Waals surface area contributed by atoms with E-state index in [-0.39, 0.29) is 24.1 Å². The van der Waals surface area contributed by atoms with Crippen molar-refractivity contribution in [3.8, 4) is 5.75 Å². The first-order valence-corrected chi connectivity index (χ1v) is 10.2. The number of halogens is 1. The van der Waals surface area contributed by atoms with Crippen LogP contribution >= 0.6 is 24.2 Å². The number of hydrogen-bond donors (Lipinski definition) is 1. The van der Waals surface area contributed by atoms with Crippen LogP contribution in [-0.4, -0.2) is 41.2 Å². The number of phenols is 1. The molecule has 0 unspecified atom stereocenters. The smallest absolute Gasteiger partial charge is 0.340 e. The number of thioether (sulfide) groups is 1. The Balaban J connectivity index is 0.00000300. The fourth-order valence-electron chi connectivity index (χ4n) is 3.38. The van der Waals surface area contributed by atoms with E-state index in [0.717, 1.165) is 27.1 Å². The Bertz CT molecular complexity index is 987. The minimum atomic E-state index is -0.345. The molecule has 29 heavy (non-hydrogen) atoms. The van der Waals surface area contributed by atoms with E-state index in [1.807, 2.05) is 54.9 Å². The van der Waals surface area contributed by atoms with Crippen LogP contribution in [0.4, 0.5) is 0 Å². The van der Waals surface area contributed by atoms with Gasteiger partial charge in [-0.1, -0.05) is 18.2 Å². The maximum atomic E-state index is 12.9. The van der Waals surface area contributed by atoms with Crippen molar-refractivity contribution in [2.75, 3.05) is 20.7 Å². The van der Waals surface area contributed by atoms with E-state index in [1.54, 1.807) is 24.8 Å². The molecular weight excluding hydrogens is 408 g/mol. The van der Waals surface area contributed by atoms with E-state index in [2.05, 4.69) is 12.1 Å². The van der Waals surface area contributed by atoms with Crippen LogP contribution in [-0.2, 0) is 24.1 Å². The van der Waals surface area contributed by atoms with Gasteiger partial charge in [0.1, 0.15) is 5.75 Å². The second-order valence-corrected chi connectivity index (χ2v) is 7.95. The minimum Gasteiger partial charge on any atom is -0.508 e. The van der Waals surface area contributed by atoms with Gasteiger partial charge in [0, 0.05) is 46.4 Å². The van der Waals surface area contributed by atoms with Gasteiger partial charge in [-0.15, -0.1) is 24.2 Å². The lowest BCUT2D eigenvalue weighted by atomic mass is 10.0. The zero-order valence-electron chi connectivity index (χ0n) is 17.1. The zero-order valence-corrected chi connectivity index (χ0v) is 18.8. The molecule has 0 saturated carbocycles. The molecule has 0 spiro atoms. The number of fused-ring (bicyclic) bond motifs is 1. The number of benzene rings is 2. The number of aromatic nitrogens is 1. The number of aryl methyl sites for hydroxylation is 1. The lowest BCUT2D eigenvalue weighted by molar-refractivity contribution is 0.0527. The van der Waals surface area contributed by atoms with Crippen molar-refractivity contribution < 1.29 is 14.6 Å². The van der Waals surface area contributed by atoms with Crippen molar-refractivity contribution in [3.05, 3.63) is 59.3 Å². The topological polar surface area (TPSA) is 54.7 Å². The van der Waals surface area contributed by atoms with Crippen LogP contribution in [0.5, 0.6) is 5.75 Å². The van der Waals surface area contributed by atoms with Gasteiger partial charge in [0.2, 0.25) is 0 Å². The highest BCUT2D eigenvalue weighted by atomic mass is 35.5. The molecule has 1 aromatic heterocycles. The lowest BCUT2D eigenvalue weighted by Gasteiger charge is -2.13. The monoisotopic (exact) mass is 434 g/mol. The van der Waals surface area contributed by atoms with E-state index < -0.39 is 0 Å². The lowest BCUT2D eigenvalue weighted by Crippen LogP contribution is -2.13. The summed E-state index contributed by atoms with van der Waals surface area (Å²) in [7, 11) is 5.84. The van der Waals surface area contributed by atoms with Crippen molar-refractivity contribution in [3.63, 3.8) is 0 Å². The summed E-state index contributed by atoms with van der Waals surface area (Å²) in [4.78, 5) is 16.0. The second-order valence-electron chi connectivity index (χ2n) is 6.90. The number of ether oxygens (including phenoxy) is 1. The van der Waals surface area contributed by atoms with Crippen LogP contribution in [0.25, 0.3) is 10.9 Å². The van der Waals surface area contributed by atoms with Crippen LogP contribution < -0.4 is 0 Å². The van der Waals surface area contributed by atoms with Gasteiger partial charge < -0.3 is 19.3 Å². The molecule has 1 heterocycles. The first-order chi connectivity index (χ1) is 13.4. The van der Waals surface area contributed by atoms with E-state index in [9.17, 15) is 9.90 Å². The fraction of sp³-hybridized carbons (Fsp3) is 0.318. The largest absolute Gasteiger partial charge is 0.508 e. The van der Waals surface area contributed by atoms with Crippen molar-refractivity contribution in [1.29, 1.82) is 0 Å². The third-order valence-corrected chi connectivity index (χ3v) is 5.67. The van der Waals surface area contributed by atoms with Crippen LogP contribution in [0.15, 0.2) is 47.4 Å². The summed E-state index contributed by atoms with van der Waals surface area (Å²) < 4.78 is 7.42. The molecule has 156 valence electrons. The highest BCUT2D eigenvalue weighted by molar-refractivity contribution is 7.98. The number of rotatable bonds is 7. The highest BCUT2D eigenvalue weighted by Gasteiger charge is 2.26. The molecule has 0 aliphatic carbocycles. The molecule has 0 bridgehead atoms. The molecule has 2 aromatic carbocycles. The van der Waals surface area contributed by atoms with Crippen LogP contribution in [0.1, 0.15) is 28.5 Å². The number of phenolic OH excluding ortho intramolecular Hbond substituents is 1. The number of carbonyl (C=O) groups is 1. The molecule has 0 aliphatic heterocycles. The summed E-state index contributed by atoms with van der Waals surface area (Å²) in [6.07, 6.45) is 0. The Morgan fingerprint density at radius 3 is 2.48 bits per heavy atom. The Labute approximate surface area is 182 Å². The molecule has 5 nitrogen and oxygen atoms in total. The minimum absolute atomic E-state index is 0. The molecule has 0 atom stereocenters. The molecule has 0 fully saturated rings. The van der Waals surface area contributed by atoms with Crippen molar-refractivity contribution in [2.24, 2.45) is 7.05 Å². The summed E-state index contributed by atoms with van der Waals surface area (Å²) in [5, 5.41) is 11.3. The number of nitrogens with zero attached hydrogens (tertiary/aromatic N) is 2. The normalized spacial score (nSPS) is 10.9. The van der Waals surface area contributed by atoms with Crippen LogP contribution in [0, 0.1) is 0 Å². The van der Waals surface area contributed by atoms with Crippen molar-refractivity contribution in [1.82, 2.24) is 9.47 Å². The quantitative estimate of drug-likeness (QED) is 0.426. The first kappa shape index (κ1) is 23.1. The predicted octanol–water partition coefficient (Wildman–Crippen LogP) is 4.84. The van der Waals surface area contributed by atoms with Gasteiger partial charge in [0.05, 0.1) is 12.2 Å². The third-order valence-electron chi connectivity index (χ3n) is 4.64. The molecule has 0 aliphatic rings. The van der Waals surface area contributed by atoms with Gasteiger partial charge in [-0.25, -0.2) is 4.79 Å². The Hall–Kier alpha value is -2.15. The maximum absolute atomic E-state index is 12.9. The molecule has 0 amide bonds. The third kappa shape index (κ3) is 4.89. The van der Waals surface area contributed by atoms with E-state index in [0.29, 0.717) is 24.5 Å². The molecule has 0 saturated heterocycles. The summed E-state index contributed by atoms with van der Waals surface area (Å²) in [6.45, 7) is 2.65. The summed E-state index contributed by atoms with van der Waals surface area (Å²) >= 11 is 1.68. The molecular formula is C22H27ClN2O3S. The molecule has 0 radical (unpaired) electrons. The number of aromatic hydroxyl groups is 1. The van der Waals surface area contributed by atoms with Crippen LogP contribution in [0.2, 0.25) is 0 Å². The number of carbonyl (C=O) groups excluding carboxylic acids is 1. The van der Waals surface area contributed by atoms with Gasteiger partial charge in [-0.2, -0.15) is 0 Å². The number of hydrogen-bond acceptors (Lipinski definition) is 5. The van der Waals surface area contributed by atoms with Gasteiger partial charge in [-0.05, 0) is 45.3 Å².